The zero-order chi connectivity index (χ0) is 15.2. The Morgan fingerprint density at radius 1 is 1.33 bits per heavy atom. The van der Waals surface area contributed by atoms with Crippen LogP contribution in [0.25, 0.3) is 5.65 Å². The molecule has 0 aliphatic carbocycles. The number of hydrogen-bond donors (Lipinski definition) is 1. The first-order valence-electron chi connectivity index (χ1n) is 7.07. The summed E-state index contributed by atoms with van der Waals surface area (Å²) in [6.07, 6.45) is 4.45. The van der Waals surface area contributed by atoms with Crippen LogP contribution in [0.1, 0.15) is 25.0 Å². The van der Waals surface area contributed by atoms with Gasteiger partial charge in [-0.3, -0.25) is 9.20 Å². The Labute approximate surface area is 128 Å². The van der Waals surface area contributed by atoms with Crippen LogP contribution in [0.3, 0.4) is 0 Å². The van der Waals surface area contributed by atoms with Gasteiger partial charge < -0.3 is 10.0 Å². The zero-order valence-electron chi connectivity index (χ0n) is 12.1. The number of rotatable bonds is 7. The van der Waals surface area contributed by atoms with Crippen molar-refractivity contribution in [2.24, 2.45) is 0 Å². The second-order valence-electron chi connectivity index (χ2n) is 5.18. The normalized spacial score (nSPS) is 11.4. The number of aliphatic hydroxyl groups is 1. The fraction of sp³-hybridized carbons (Fsp3) is 0.467. The van der Waals surface area contributed by atoms with Crippen molar-refractivity contribution in [2.45, 2.75) is 25.8 Å². The summed E-state index contributed by atoms with van der Waals surface area (Å²) in [4.78, 5) is 18.7. The maximum atomic E-state index is 12.1. The molecule has 0 unspecified atom stereocenters. The molecule has 0 atom stereocenters. The molecule has 0 fully saturated rings. The van der Waals surface area contributed by atoms with Crippen molar-refractivity contribution in [2.75, 3.05) is 20.2 Å². The predicted molar refractivity (Wildman–Crippen MR) is 83.7 cm³/mol. The van der Waals surface area contributed by atoms with Crippen molar-refractivity contribution in [3.8, 4) is 0 Å². The molecule has 2 aromatic heterocycles. The van der Waals surface area contributed by atoms with Crippen molar-refractivity contribution >= 4 is 17.2 Å². The molecule has 0 saturated carbocycles. The van der Waals surface area contributed by atoms with Gasteiger partial charge in [-0.25, -0.2) is 4.98 Å². The first-order chi connectivity index (χ1) is 10.1. The molecule has 0 spiro atoms. The molecule has 0 radical (unpaired) electrons. The molecule has 0 aliphatic heterocycles. The topological polar surface area (TPSA) is 57.8 Å². The quantitative estimate of drug-likeness (QED) is 0.794. The number of pyridine rings is 1. The lowest BCUT2D eigenvalue weighted by atomic mass is 10.2. The average molecular weight is 310 g/mol. The van der Waals surface area contributed by atoms with E-state index in [-0.39, 0.29) is 12.2 Å². The van der Waals surface area contributed by atoms with Gasteiger partial charge in [0.05, 0.1) is 10.7 Å². The highest BCUT2D eigenvalue weighted by Crippen LogP contribution is 2.09. The minimum atomic E-state index is -0.119. The van der Waals surface area contributed by atoms with E-state index >= 15 is 0 Å². The van der Waals surface area contributed by atoms with Gasteiger partial charge in [-0.05, 0) is 45.0 Å². The van der Waals surface area contributed by atoms with Gasteiger partial charge in [0.25, 0.3) is 5.56 Å². The third-order valence-corrected chi connectivity index (χ3v) is 3.53. The lowest BCUT2D eigenvalue weighted by molar-refractivity contribution is 0.270. The summed E-state index contributed by atoms with van der Waals surface area (Å²) in [6.45, 7) is 1.80. The highest BCUT2D eigenvalue weighted by atomic mass is 35.5. The Hall–Kier alpha value is -1.43. The summed E-state index contributed by atoms with van der Waals surface area (Å²) in [7, 11) is 2.00. The van der Waals surface area contributed by atoms with Crippen LogP contribution in [0.2, 0.25) is 5.02 Å². The molecule has 0 amide bonds. The van der Waals surface area contributed by atoms with Crippen LogP contribution in [0.15, 0.2) is 29.2 Å². The number of aromatic nitrogens is 2. The summed E-state index contributed by atoms with van der Waals surface area (Å²) >= 11 is 5.88. The minimum absolute atomic E-state index is 0.119. The maximum Gasteiger partial charge on any atom is 0.258 e. The van der Waals surface area contributed by atoms with Crippen molar-refractivity contribution in [1.82, 2.24) is 14.3 Å². The molecular formula is C15H20ClN3O2. The number of nitrogens with zero attached hydrogens (tertiary/aromatic N) is 3. The van der Waals surface area contributed by atoms with Gasteiger partial charge in [-0.1, -0.05) is 11.6 Å². The second-order valence-corrected chi connectivity index (χ2v) is 5.62. The van der Waals surface area contributed by atoms with E-state index in [2.05, 4.69) is 9.88 Å². The van der Waals surface area contributed by atoms with E-state index in [0.29, 0.717) is 17.2 Å². The van der Waals surface area contributed by atoms with Gasteiger partial charge in [-0.15, -0.1) is 0 Å². The Balaban J connectivity index is 2.05. The van der Waals surface area contributed by atoms with E-state index in [1.54, 1.807) is 24.4 Å². The summed E-state index contributed by atoms with van der Waals surface area (Å²) in [5.41, 5.74) is 1.24. The second kappa shape index (κ2) is 7.54. The van der Waals surface area contributed by atoms with Gasteiger partial charge >= 0.3 is 0 Å². The van der Waals surface area contributed by atoms with Crippen LogP contribution in [0.5, 0.6) is 0 Å². The van der Waals surface area contributed by atoms with Gasteiger partial charge in [0.15, 0.2) is 0 Å². The molecule has 21 heavy (non-hydrogen) atoms. The Kier molecular flexibility index (Phi) is 5.73. The van der Waals surface area contributed by atoms with Crippen LogP contribution in [0, 0.1) is 0 Å². The number of halogens is 1. The molecule has 6 heteroatoms. The third-order valence-electron chi connectivity index (χ3n) is 3.31. The lowest BCUT2D eigenvalue weighted by Crippen LogP contribution is -2.23. The molecular weight excluding hydrogens is 290 g/mol. The summed E-state index contributed by atoms with van der Waals surface area (Å²) in [5.74, 6) is 0. The maximum absolute atomic E-state index is 12.1. The van der Waals surface area contributed by atoms with Crippen LogP contribution in [0.4, 0.5) is 0 Å². The summed E-state index contributed by atoms with van der Waals surface area (Å²) in [5, 5.41) is 9.26. The van der Waals surface area contributed by atoms with Crippen LogP contribution in [-0.4, -0.2) is 39.6 Å². The molecule has 0 aromatic carbocycles. The van der Waals surface area contributed by atoms with Gasteiger partial charge in [0.1, 0.15) is 5.65 Å². The van der Waals surface area contributed by atoms with Gasteiger partial charge in [0.2, 0.25) is 0 Å². The fourth-order valence-corrected chi connectivity index (χ4v) is 2.39. The Morgan fingerprint density at radius 3 is 2.90 bits per heavy atom. The molecule has 0 bridgehead atoms. The first-order valence-corrected chi connectivity index (χ1v) is 7.45. The van der Waals surface area contributed by atoms with Crippen molar-refractivity contribution in [3.05, 3.63) is 45.5 Å². The fourth-order valence-electron chi connectivity index (χ4n) is 2.23. The molecule has 5 nitrogen and oxygen atoms in total. The number of unbranched alkanes of at least 4 members (excludes halogenated alkanes) is 2. The largest absolute Gasteiger partial charge is 0.396 e. The standard InChI is InChI=1S/C15H20ClN3O2/c1-18(7-3-2-4-8-20)11-13-9-15(21)19-10-12(16)5-6-14(19)17-13/h5-6,9-10,20H,2-4,7-8,11H2,1H3. The molecule has 2 aromatic rings. The summed E-state index contributed by atoms with van der Waals surface area (Å²) < 4.78 is 1.45. The first kappa shape index (κ1) is 15.9. The summed E-state index contributed by atoms with van der Waals surface area (Å²) in [6, 6.07) is 5.02. The van der Waals surface area contributed by atoms with Gasteiger partial charge in [-0.2, -0.15) is 0 Å². The van der Waals surface area contributed by atoms with Gasteiger partial charge in [0, 0.05) is 25.4 Å². The molecule has 0 aliphatic rings. The van der Waals surface area contributed by atoms with E-state index in [9.17, 15) is 4.79 Å². The Morgan fingerprint density at radius 2 is 2.14 bits per heavy atom. The van der Waals surface area contributed by atoms with Crippen molar-refractivity contribution in [1.29, 1.82) is 0 Å². The number of fused-ring (bicyclic) bond motifs is 1. The number of hydrogen-bond acceptors (Lipinski definition) is 4. The SMILES string of the molecule is CN(CCCCCO)Cc1cc(=O)n2cc(Cl)ccc2n1. The van der Waals surface area contributed by atoms with E-state index < -0.39 is 0 Å². The molecule has 1 N–H and O–H groups in total. The van der Waals surface area contributed by atoms with E-state index in [1.807, 2.05) is 7.05 Å². The monoisotopic (exact) mass is 309 g/mol. The van der Waals surface area contributed by atoms with E-state index in [0.717, 1.165) is 31.5 Å². The highest BCUT2D eigenvalue weighted by molar-refractivity contribution is 6.30. The smallest absolute Gasteiger partial charge is 0.258 e. The molecule has 114 valence electrons. The van der Waals surface area contributed by atoms with E-state index in [4.69, 9.17) is 16.7 Å². The zero-order valence-corrected chi connectivity index (χ0v) is 12.9. The Bertz CT molecular complexity index is 657. The van der Waals surface area contributed by atoms with E-state index in [1.165, 1.54) is 4.40 Å². The van der Waals surface area contributed by atoms with Crippen LogP contribution < -0.4 is 5.56 Å². The predicted octanol–water partition coefficient (Wildman–Crippen LogP) is 1.94. The molecule has 2 heterocycles. The lowest BCUT2D eigenvalue weighted by Gasteiger charge is -2.16. The van der Waals surface area contributed by atoms with Crippen molar-refractivity contribution < 1.29 is 5.11 Å². The minimum Gasteiger partial charge on any atom is -0.396 e. The van der Waals surface area contributed by atoms with Crippen LogP contribution in [-0.2, 0) is 6.54 Å². The molecule has 0 saturated heterocycles. The van der Waals surface area contributed by atoms with Crippen molar-refractivity contribution in [3.63, 3.8) is 0 Å². The average Bonchev–Trinajstić information content (AvgIpc) is 2.44. The third kappa shape index (κ3) is 4.52. The molecule has 2 rings (SSSR count). The number of aliphatic hydroxyl groups excluding tert-OH is 1. The highest BCUT2D eigenvalue weighted by Gasteiger charge is 2.06. The van der Waals surface area contributed by atoms with Crippen LogP contribution >= 0.6 is 11.6 Å².